The second kappa shape index (κ2) is 25.2. The first-order chi connectivity index (χ1) is 19.2. The third-order valence-electron chi connectivity index (χ3n) is 6.17. The van der Waals surface area contributed by atoms with Crippen LogP contribution in [0.5, 0.6) is 0 Å². The van der Waals surface area contributed by atoms with E-state index in [1.807, 2.05) is 11.9 Å². The Labute approximate surface area is 238 Å². The van der Waals surface area contributed by atoms with Crippen molar-refractivity contribution in [2.75, 3.05) is 79.6 Å². The molecule has 4 amide bonds. The van der Waals surface area contributed by atoms with Crippen LogP contribution in [0.4, 0.5) is 0 Å². The lowest BCUT2D eigenvalue weighted by Gasteiger charge is -2.18. The van der Waals surface area contributed by atoms with Gasteiger partial charge in [0.15, 0.2) is 0 Å². The number of amides is 4. The van der Waals surface area contributed by atoms with E-state index in [-0.39, 0.29) is 41.9 Å². The van der Waals surface area contributed by atoms with Crippen molar-refractivity contribution in [2.24, 2.45) is 17.4 Å². The normalized spacial score (nSPS) is 11.5. The predicted octanol–water partition coefficient (Wildman–Crippen LogP) is -2.20. The molecule has 40 heavy (non-hydrogen) atoms. The Morgan fingerprint density at radius 2 is 1.12 bits per heavy atom. The molecule has 0 heterocycles. The van der Waals surface area contributed by atoms with Crippen LogP contribution in [0.15, 0.2) is 0 Å². The van der Waals surface area contributed by atoms with Gasteiger partial charge in [-0.05, 0) is 32.2 Å². The number of nitrogens with one attached hydrogen (secondary N) is 5. The molecule has 9 N–H and O–H groups in total. The topological polar surface area (TPSA) is 210 Å². The monoisotopic (exact) mass is 572 g/mol. The van der Waals surface area contributed by atoms with Crippen molar-refractivity contribution in [3.05, 3.63) is 0 Å². The SMILES string of the molecule is COC(=O)CCC(CCNC(=O)CCN(C)CCC(=O)NCCNCCC(=O)NCCN)CCC(=O)NCCN. The molecule has 1 unspecified atom stereocenters. The van der Waals surface area contributed by atoms with Crippen molar-refractivity contribution in [1.29, 1.82) is 0 Å². The molecule has 0 aliphatic carbocycles. The Morgan fingerprint density at radius 3 is 1.70 bits per heavy atom. The van der Waals surface area contributed by atoms with E-state index in [0.717, 1.165) is 0 Å². The zero-order valence-electron chi connectivity index (χ0n) is 24.4. The predicted molar refractivity (Wildman–Crippen MR) is 153 cm³/mol. The highest BCUT2D eigenvalue weighted by atomic mass is 16.5. The number of nitrogens with zero attached hydrogens (tertiary/aromatic N) is 1. The molecule has 232 valence electrons. The molecule has 14 nitrogen and oxygen atoms in total. The number of carbonyl (C=O) groups excluding carboxylic acids is 5. The average molecular weight is 573 g/mol. The quantitative estimate of drug-likeness (QED) is 0.0463. The summed E-state index contributed by atoms with van der Waals surface area (Å²) in [6.45, 7) is 4.73. The van der Waals surface area contributed by atoms with Gasteiger partial charge in [-0.1, -0.05) is 0 Å². The van der Waals surface area contributed by atoms with Gasteiger partial charge in [0.2, 0.25) is 23.6 Å². The summed E-state index contributed by atoms with van der Waals surface area (Å²) in [7, 11) is 3.20. The maximum absolute atomic E-state index is 12.3. The van der Waals surface area contributed by atoms with E-state index < -0.39 is 0 Å². The number of methoxy groups -OCH3 is 1. The van der Waals surface area contributed by atoms with Crippen molar-refractivity contribution < 1.29 is 28.7 Å². The van der Waals surface area contributed by atoms with Crippen LogP contribution >= 0.6 is 0 Å². The number of esters is 1. The molecule has 0 fully saturated rings. The van der Waals surface area contributed by atoms with Crippen LogP contribution in [0.1, 0.15) is 51.4 Å². The molecule has 0 aliphatic heterocycles. The highest BCUT2D eigenvalue weighted by molar-refractivity contribution is 5.77. The van der Waals surface area contributed by atoms with Crippen molar-refractivity contribution in [3.63, 3.8) is 0 Å². The van der Waals surface area contributed by atoms with Gasteiger partial charge in [-0.25, -0.2) is 0 Å². The second-order valence-corrected chi connectivity index (χ2v) is 9.59. The Balaban J connectivity index is 4.05. The molecule has 0 saturated heterocycles. The average Bonchev–Trinajstić information content (AvgIpc) is 2.95. The molecule has 0 radical (unpaired) electrons. The molecule has 1 atom stereocenters. The summed E-state index contributed by atoms with van der Waals surface area (Å²) in [6.07, 6.45) is 3.42. The van der Waals surface area contributed by atoms with Crippen LogP contribution in [0.25, 0.3) is 0 Å². The summed E-state index contributed by atoms with van der Waals surface area (Å²) >= 11 is 0. The minimum Gasteiger partial charge on any atom is -0.469 e. The molecule has 0 bridgehead atoms. The number of nitrogens with two attached hydrogens (primary N) is 2. The summed E-state index contributed by atoms with van der Waals surface area (Å²) in [5, 5.41) is 14.3. The molecular formula is C26H52N8O6. The molecular weight excluding hydrogens is 520 g/mol. The molecule has 0 saturated carbocycles. The molecule has 0 aliphatic rings. The van der Waals surface area contributed by atoms with Gasteiger partial charge in [0.1, 0.15) is 0 Å². The number of carbonyl (C=O) groups is 5. The van der Waals surface area contributed by atoms with Crippen LogP contribution < -0.4 is 38.1 Å². The zero-order valence-corrected chi connectivity index (χ0v) is 24.4. The summed E-state index contributed by atoms with van der Waals surface area (Å²) in [5.41, 5.74) is 10.7. The van der Waals surface area contributed by atoms with Crippen LogP contribution in [-0.4, -0.2) is 114 Å². The summed E-state index contributed by atoms with van der Waals surface area (Å²) in [4.78, 5) is 61.1. The Kier molecular flexibility index (Phi) is 23.4. The number of hydrogen-bond donors (Lipinski definition) is 7. The van der Waals surface area contributed by atoms with Gasteiger partial charge in [0.25, 0.3) is 0 Å². The van der Waals surface area contributed by atoms with Crippen molar-refractivity contribution in [2.45, 2.75) is 51.4 Å². The minimum absolute atomic E-state index is 0.0568. The number of hydrogen-bond acceptors (Lipinski definition) is 10. The van der Waals surface area contributed by atoms with Gasteiger partial charge in [0.05, 0.1) is 7.11 Å². The lowest BCUT2D eigenvalue weighted by atomic mass is 9.94. The fourth-order valence-electron chi connectivity index (χ4n) is 3.70. The fourth-order valence-corrected chi connectivity index (χ4v) is 3.70. The van der Waals surface area contributed by atoms with Gasteiger partial charge >= 0.3 is 5.97 Å². The molecule has 0 aromatic rings. The van der Waals surface area contributed by atoms with E-state index in [1.54, 1.807) is 0 Å². The molecule has 14 heteroatoms. The lowest BCUT2D eigenvalue weighted by Crippen LogP contribution is -2.36. The number of ether oxygens (including phenoxy) is 1. The van der Waals surface area contributed by atoms with E-state index >= 15 is 0 Å². The Morgan fingerprint density at radius 1 is 0.625 bits per heavy atom. The van der Waals surface area contributed by atoms with Gasteiger partial charge in [0, 0.05) is 97.6 Å². The lowest BCUT2D eigenvalue weighted by molar-refractivity contribution is -0.141. The molecule has 0 rings (SSSR count). The minimum atomic E-state index is -0.296. The fraction of sp³-hybridized carbons (Fsp3) is 0.808. The van der Waals surface area contributed by atoms with Crippen molar-refractivity contribution in [1.82, 2.24) is 31.5 Å². The first kappa shape index (κ1) is 37.2. The van der Waals surface area contributed by atoms with Gasteiger partial charge < -0.3 is 47.7 Å². The first-order valence-corrected chi connectivity index (χ1v) is 14.1. The van der Waals surface area contributed by atoms with Crippen molar-refractivity contribution >= 4 is 29.6 Å². The standard InChI is InChI=1S/C26H52N8O6/c1-34(20-10-25(38)33-18-17-29-13-8-23(36)32-16-12-28)19-9-24(37)30-14-7-21(4-6-26(39)40-2)3-5-22(35)31-15-11-27/h21,29H,3-20,27-28H2,1-2H3,(H,30,37)(H,31,35)(H,32,36)(H,33,38). The molecule has 0 aromatic carbocycles. The number of rotatable bonds is 25. The summed E-state index contributed by atoms with van der Waals surface area (Å²) in [6, 6.07) is 0. The van der Waals surface area contributed by atoms with Gasteiger partial charge in [-0.2, -0.15) is 0 Å². The molecule has 0 spiro atoms. The second-order valence-electron chi connectivity index (χ2n) is 9.59. The highest BCUT2D eigenvalue weighted by Crippen LogP contribution is 2.18. The smallest absolute Gasteiger partial charge is 0.305 e. The third-order valence-corrected chi connectivity index (χ3v) is 6.17. The first-order valence-electron chi connectivity index (χ1n) is 14.1. The van der Waals surface area contributed by atoms with Crippen molar-refractivity contribution in [3.8, 4) is 0 Å². The Hall–Kier alpha value is -2.81. The summed E-state index contributed by atoms with van der Waals surface area (Å²) < 4.78 is 4.71. The Bertz CT molecular complexity index is 740. The van der Waals surface area contributed by atoms with E-state index in [2.05, 4.69) is 26.6 Å². The zero-order chi connectivity index (χ0) is 30.0. The van der Waals surface area contributed by atoms with Crippen LogP contribution in [0.3, 0.4) is 0 Å². The van der Waals surface area contributed by atoms with Crippen LogP contribution in [0.2, 0.25) is 0 Å². The van der Waals surface area contributed by atoms with Crippen LogP contribution in [-0.2, 0) is 28.7 Å². The maximum atomic E-state index is 12.3. The van der Waals surface area contributed by atoms with Gasteiger partial charge in [-0.3, -0.25) is 24.0 Å². The molecule has 0 aromatic heterocycles. The van der Waals surface area contributed by atoms with E-state index in [0.29, 0.717) is 110 Å². The highest BCUT2D eigenvalue weighted by Gasteiger charge is 2.15. The maximum Gasteiger partial charge on any atom is 0.305 e. The van der Waals surface area contributed by atoms with E-state index in [4.69, 9.17) is 16.2 Å². The van der Waals surface area contributed by atoms with Crippen LogP contribution in [0, 0.1) is 5.92 Å². The summed E-state index contributed by atoms with van der Waals surface area (Å²) in [5.74, 6) is -0.500. The largest absolute Gasteiger partial charge is 0.469 e. The third kappa shape index (κ3) is 23.1. The van der Waals surface area contributed by atoms with E-state index in [1.165, 1.54) is 7.11 Å². The van der Waals surface area contributed by atoms with E-state index in [9.17, 15) is 24.0 Å². The van der Waals surface area contributed by atoms with Gasteiger partial charge in [-0.15, -0.1) is 0 Å².